The number of hydrazone groups is 2. The Labute approximate surface area is 347 Å². The van der Waals surface area contributed by atoms with Gasteiger partial charge in [0.25, 0.3) is 0 Å². The number of alkyl halides is 6. The molecular formula is C38H50ClF6N7O5S2. The summed E-state index contributed by atoms with van der Waals surface area (Å²) < 4.78 is 133. The Morgan fingerprint density at radius 2 is 1.47 bits per heavy atom. The average molecular weight is 898 g/mol. The molecular weight excluding hydrogens is 848 g/mol. The number of nitrogens with two attached hydrogens (primary N) is 1. The van der Waals surface area contributed by atoms with Crippen LogP contribution in [0, 0.1) is 13.8 Å². The third kappa shape index (κ3) is 13.1. The largest absolute Gasteiger partial charge is 0.516 e. The van der Waals surface area contributed by atoms with Crippen LogP contribution in [0.1, 0.15) is 83.1 Å². The Morgan fingerprint density at radius 1 is 0.847 bits per heavy atom. The Hall–Kier alpha value is -4.27. The zero-order valence-electron chi connectivity index (χ0n) is 33.9. The number of nitrogens with one attached hydrogen (secondary N) is 1. The van der Waals surface area contributed by atoms with Crippen molar-refractivity contribution in [2.75, 3.05) is 39.6 Å². The van der Waals surface area contributed by atoms with Crippen molar-refractivity contribution >= 4 is 65.8 Å². The van der Waals surface area contributed by atoms with Crippen molar-refractivity contribution in [1.82, 2.24) is 5.01 Å². The minimum atomic E-state index is -5.65. The molecule has 3 aromatic rings. The van der Waals surface area contributed by atoms with Gasteiger partial charge < -0.3 is 10.5 Å². The number of benzene rings is 3. The van der Waals surface area contributed by atoms with Gasteiger partial charge in [-0.15, -0.1) is 0 Å². The number of hydrogen-bond acceptors (Lipinski definition) is 10. The molecule has 0 radical (unpaired) electrons. The molecule has 1 aliphatic heterocycles. The maximum atomic E-state index is 13.4. The fourth-order valence-corrected chi connectivity index (χ4v) is 7.27. The minimum absolute atomic E-state index is 0.105. The molecule has 1 aliphatic rings. The Bertz CT molecular complexity index is 2210. The molecule has 0 aliphatic carbocycles. The van der Waals surface area contributed by atoms with Crippen LogP contribution in [0.3, 0.4) is 0 Å². The number of halogens is 7. The molecule has 0 spiro atoms. The van der Waals surface area contributed by atoms with Gasteiger partial charge in [-0.05, 0) is 123 Å². The van der Waals surface area contributed by atoms with Gasteiger partial charge in [0.05, 0.1) is 34.6 Å². The molecule has 0 atom stereocenters. The van der Waals surface area contributed by atoms with Gasteiger partial charge >= 0.3 is 31.1 Å². The molecule has 0 bridgehead atoms. The maximum absolute atomic E-state index is 13.4. The van der Waals surface area contributed by atoms with E-state index in [2.05, 4.69) is 10.2 Å². The summed E-state index contributed by atoms with van der Waals surface area (Å²) >= 11 is 6.11. The molecule has 59 heavy (non-hydrogen) atoms. The number of aryl methyl sites for hydroxylation is 2. The Balaban J connectivity index is 0.000000316. The molecule has 4 rings (SSSR count). The first kappa shape index (κ1) is 49.1. The predicted octanol–water partition coefficient (Wildman–Crippen LogP) is 9.37. The van der Waals surface area contributed by atoms with E-state index in [4.69, 9.17) is 22.1 Å². The summed E-state index contributed by atoms with van der Waals surface area (Å²) in [5.74, 6) is 0. The SMILES string of the molecule is C/C(=N\N(c1cc(Cl)ccc1C)C(C)C)c1cc(N)ccc1NS(=O)(=O)C(F)(F)F.C/C(=N\N1CCCCC1)c1cc(C)ccc1N(COC(C)C)S(=O)(=O)C(F)(F)F. The molecule has 328 valence electrons. The van der Waals surface area contributed by atoms with Crippen LogP contribution < -0.4 is 19.8 Å². The van der Waals surface area contributed by atoms with Crippen LogP contribution in [-0.2, 0) is 24.8 Å². The van der Waals surface area contributed by atoms with Gasteiger partial charge in [-0.3, -0.25) is 14.7 Å². The van der Waals surface area contributed by atoms with Crippen LogP contribution in [0.2, 0.25) is 5.02 Å². The highest BCUT2D eigenvalue weighted by molar-refractivity contribution is 7.93. The number of ether oxygens (including phenoxy) is 1. The highest BCUT2D eigenvalue weighted by Crippen LogP contribution is 2.34. The van der Waals surface area contributed by atoms with Gasteiger partial charge in [0, 0.05) is 41.0 Å². The molecule has 1 fully saturated rings. The van der Waals surface area contributed by atoms with Crippen molar-refractivity contribution in [2.45, 2.75) is 97.8 Å². The average Bonchev–Trinajstić information content (AvgIpc) is 3.12. The first-order chi connectivity index (χ1) is 27.2. The maximum Gasteiger partial charge on any atom is 0.516 e. The van der Waals surface area contributed by atoms with E-state index in [1.54, 1.807) is 68.6 Å². The van der Waals surface area contributed by atoms with Crippen LogP contribution in [0.5, 0.6) is 0 Å². The molecule has 3 aromatic carbocycles. The second-order valence-electron chi connectivity index (χ2n) is 14.3. The van der Waals surface area contributed by atoms with Crippen LogP contribution in [0.25, 0.3) is 0 Å². The van der Waals surface area contributed by atoms with E-state index in [0.29, 0.717) is 22.0 Å². The van der Waals surface area contributed by atoms with Crippen molar-refractivity contribution in [1.29, 1.82) is 0 Å². The molecule has 3 N–H and O–H groups in total. The summed E-state index contributed by atoms with van der Waals surface area (Å²) in [7, 11) is -11.3. The standard InChI is InChI=1S/C19H22ClF3N4O2S.C19H28F3N3O3S/c1-11(2)27(18-9-14(20)6-5-12(18)3)25-13(4)16-10-15(24)7-8-17(16)26-30(28,29)19(21,22)23;1-14(2)28-13-25(29(26,27)19(20,21)22)18-9-8-15(3)12-17(18)16(4)23-24-10-6-5-7-11-24/h5-11,26H,24H2,1-4H3;8-9,12,14H,5-7,10-11,13H2,1-4H3/b25-13+;23-16+. The number of rotatable bonds is 13. The lowest BCUT2D eigenvalue weighted by molar-refractivity contribution is -0.0450. The third-order valence-corrected chi connectivity index (χ3v) is 11.5. The highest BCUT2D eigenvalue weighted by Gasteiger charge is 2.51. The summed E-state index contributed by atoms with van der Waals surface area (Å²) in [5.41, 5.74) is -1.75. The van der Waals surface area contributed by atoms with E-state index in [0.717, 1.165) is 49.5 Å². The van der Waals surface area contributed by atoms with Gasteiger partial charge in [-0.1, -0.05) is 29.3 Å². The summed E-state index contributed by atoms with van der Waals surface area (Å²) in [6.45, 7) is 14.7. The lowest BCUT2D eigenvalue weighted by atomic mass is 10.1. The zero-order valence-corrected chi connectivity index (χ0v) is 36.3. The fourth-order valence-electron chi connectivity index (χ4n) is 5.66. The number of hydrogen-bond donors (Lipinski definition) is 2. The van der Waals surface area contributed by atoms with Gasteiger partial charge in [0.15, 0.2) is 0 Å². The van der Waals surface area contributed by atoms with E-state index < -0.39 is 43.9 Å². The van der Waals surface area contributed by atoms with Crippen LogP contribution in [-0.4, -0.2) is 76.3 Å². The summed E-state index contributed by atoms with van der Waals surface area (Å²) in [6.07, 6.45) is 2.66. The first-order valence-corrected chi connectivity index (χ1v) is 21.7. The van der Waals surface area contributed by atoms with E-state index in [-0.39, 0.29) is 38.7 Å². The molecule has 0 aromatic heterocycles. The number of nitrogen functional groups attached to an aromatic ring is 1. The second-order valence-corrected chi connectivity index (χ2v) is 18.2. The predicted molar refractivity (Wildman–Crippen MR) is 223 cm³/mol. The number of anilines is 4. The van der Waals surface area contributed by atoms with Gasteiger partial charge in [0.1, 0.15) is 6.73 Å². The van der Waals surface area contributed by atoms with Crippen molar-refractivity contribution in [2.24, 2.45) is 10.2 Å². The van der Waals surface area contributed by atoms with Crippen molar-refractivity contribution in [3.05, 3.63) is 81.9 Å². The van der Waals surface area contributed by atoms with Crippen molar-refractivity contribution < 1.29 is 47.9 Å². The Morgan fingerprint density at radius 3 is 2.03 bits per heavy atom. The van der Waals surface area contributed by atoms with E-state index in [1.807, 2.05) is 31.8 Å². The van der Waals surface area contributed by atoms with E-state index >= 15 is 0 Å². The number of piperidine rings is 1. The first-order valence-electron chi connectivity index (χ1n) is 18.4. The highest BCUT2D eigenvalue weighted by atomic mass is 35.5. The topological polar surface area (TPSA) is 150 Å². The lowest BCUT2D eigenvalue weighted by Gasteiger charge is -2.29. The molecule has 1 saturated heterocycles. The van der Waals surface area contributed by atoms with E-state index in [1.165, 1.54) is 18.2 Å². The quantitative estimate of drug-likeness (QED) is 0.0567. The van der Waals surface area contributed by atoms with Gasteiger partial charge in [-0.25, -0.2) is 4.31 Å². The Kier molecular flexibility index (Phi) is 16.5. The lowest BCUT2D eigenvalue weighted by Crippen LogP contribution is -2.43. The zero-order chi connectivity index (χ0) is 44.7. The molecule has 1 heterocycles. The van der Waals surface area contributed by atoms with Gasteiger partial charge in [0.2, 0.25) is 0 Å². The van der Waals surface area contributed by atoms with Crippen molar-refractivity contribution in [3.8, 4) is 0 Å². The van der Waals surface area contributed by atoms with Gasteiger partial charge in [-0.2, -0.15) is 53.4 Å². The summed E-state index contributed by atoms with van der Waals surface area (Å²) in [5, 5.41) is 13.1. The molecule has 21 heteroatoms. The van der Waals surface area contributed by atoms with Crippen LogP contribution in [0.4, 0.5) is 49.1 Å². The fraction of sp³-hybridized carbons (Fsp3) is 0.474. The third-order valence-electron chi connectivity index (χ3n) is 8.69. The molecule has 0 amide bonds. The number of sulfonamides is 2. The smallest absolute Gasteiger partial charge is 0.399 e. The molecule has 0 saturated carbocycles. The van der Waals surface area contributed by atoms with Crippen LogP contribution in [0.15, 0.2) is 64.8 Å². The monoisotopic (exact) mass is 897 g/mol. The minimum Gasteiger partial charge on any atom is -0.399 e. The van der Waals surface area contributed by atoms with Crippen LogP contribution >= 0.6 is 11.6 Å². The molecule has 12 nitrogen and oxygen atoms in total. The summed E-state index contributed by atoms with van der Waals surface area (Å²) in [6, 6.07) is 13.5. The van der Waals surface area contributed by atoms with E-state index in [9.17, 15) is 43.2 Å². The normalized spacial score (nSPS) is 14.6. The second kappa shape index (κ2) is 19.9. The number of nitrogens with zero attached hydrogens (tertiary/aromatic N) is 5. The van der Waals surface area contributed by atoms with Crippen molar-refractivity contribution in [3.63, 3.8) is 0 Å². The molecule has 0 unspecified atom stereocenters. The summed E-state index contributed by atoms with van der Waals surface area (Å²) in [4.78, 5) is 0.